The zero-order valence-corrected chi connectivity index (χ0v) is 12.7. The van der Waals surface area contributed by atoms with E-state index >= 15 is 0 Å². The molecule has 21 heavy (non-hydrogen) atoms. The molecule has 0 aliphatic rings. The normalized spacial score (nSPS) is 10.7. The molecule has 2 rings (SSSR count). The molecule has 4 heteroatoms. The topological polar surface area (TPSA) is 58.4 Å². The fourth-order valence-corrected chi connectivity index (χ4v) is 2.21. The highest BCUT2D eigenvalue weighted by atomic mass is 16.1. The Morgan fingerprint density at radius 1 is 1.14 bits per heavy atom. The summed E-state index contributed by atoms with van der Waals surface area (Å²) >= 11 is 0. The van der Waals surface area contributed by atoms with E-state index in [1.54, 1.807) is 18.2 Å². The Kier molecular flexibility index (Phi) is 4.60. The number of para-hydroxylation sites is 1. The number of hydrogen-bond acceptors (Lipinski definition) is 3. The zero-order valence-electron chi connectivity index (χ0n) is 12.7. The van der Waals surface area contributed by atoms with E-state index in [1.807, 2.05) is 45.3 Å². The Labute approximate surface area is 125 Å². The SMILES string of the molecule is Cc1c(N)cccc1C(=O)Nc1ccccc1CN(C)C. The smallest absolute Gasteiger partial charge is 0.256 e. The van der Waals surface area contributed by atoms with Gasteiger partial charge in [0.2, 0.25) is 0 Å². The molecule has 2 aromatic rings. The molecule has 0 aliphatic heterocycles. The lowest BCUT2D eigenvalue weighted by molar-refractivity contribution is 0.102. The minimum absolute atomic E-state index is 0.133. The van der Waals surface area contributed by atoms with Crippen LogP contribution in [0, 0.1) is 6.92 Å². The number of anilines is 2. The van der Waals surface area contributed by atoms with Crippen LogP contribution in [0.2, 0.25) is 0 Å². The number of amides is 1. The molecule has 0 aromatic heterocycles. The summed E-state index contributed by atoms with van der Waals surface area (Å²) in [6.45, 7) is 2.63. The summed E-state index contributed by atoms with van der Waals surface area (Å²) in [7, 11) is 4.00. The van der Waals surface area contributed by atoms with Crippen molar-refractivity contribution in [3.05, 3.63) is 59.2 Å². The van der Waals surface area contributed by atoms with Crippen molar-refractivity contribution in [3.63, 3.8) is 0 Å². The second-order valence-corrected chi connectivity index (χ2v) is 5.37. The Bertz CT molecular complexity index is 650. The van der Waals surface area contributed by atoms with Gasteiger partial charge < -0.3 is 16.0 Å². The first-order valence-corrected chi connectivity index (χ1v) is 6.88. The van der Waals surface area contributed by atoms with Gasteiger partial charge in [0.25, 0.3) is 5.91 Å². The van der Waals surface area contributed by atoms with Crippen molar-refractivity contribution in [3.8, 4) is 0 Å². The molecule has 0 aliphatic carbocycles. The first kappa shape index (κ1) is 15.1. The van der Waals surface area contributed by atoms with Crippen LogP contribution in [0.5, 0.6) is 0 Å². The van der Waals surface area contributed by atoms with Gasteiger partial charge >= 0.3 is 0 Å². The van der Waals surface area contributed by atoms with E-state index in [2.05, 4.69) is 10.2 Å². The second kappa shape index (κ2) is 6.41. The van der Waals surface area contributed by atoms with Gasteiger partial charge in [-0.15, -0.1) is 0 Å². The predicted molar refractivity (Wildman–Crippen MR) is 87.4 cm³/mol. The van der Waals surface area contributed by atoms with Crippen LogP contribution in [0.1, 0.15) is 21.5 Å². The van der Waals surface area contributed by atoms with E-state index in [9.17, 15) is 4.79 Å². The lowest BCUT2D eigenvalue weighted by Crippen LogP contribution is -2.17. The molecule has 0 bridgehead atoms. The van der Waals surface area contributed by atoms with Gasteiger partial charge in [0.15, 0.2) is 0 Å². The lowest BCUT2D eigenvalue weighted by atomic mass is 10.1. The highest BCUT2D eigenvalue weighted by molar-refractivity contribution is 6.06. The molecule has 0 saturated carbocycles. The lowest BCUT2D eigenvalue weighted by Gasteiger charge is -2.15. The molecule has 0 fully saturated rings. The van der Waals surface area contributed by atoms with Gasteiger partial charge in [-0.3, -0.25) is 4.79 Å². The summed E-state index contributed by atoms with van der Waals surface area (Å²) < 4.78 is 0. The van der Waals surface area contributed by atoms with Crippen molar-refractivity contribution in [2.45, 2.75) is 13.5 Å². The average Bonchev–Trinajstić information content (AvgIpc) is 2.43. The summed E-state index contributed by atoms with van der Waals surface area (Å²) in [5.74, 6) is -0.133. The zero-order chi connectivity index (χ0) is 15.4. The van der Waals surface area contributed by atoms with E-state index < -0.39 is 0 Å². The third-order valence-corrected chi connectivity index (χ3v) is 3.37. The number of nitrogens with two attached hydrogens (primary N) is 1. The molecular formula is C17H21N3O. The number of carbonyl (C=O) groups excluding carboxylic acids is 1. The molecule has 4 nitrogen and oxygen atoms in total. The molecule has 0 radical (unpaired) electrons. The first-order valence-electron chi connectivity index (χ1n) is 6.88. The Balaban J connectivity index is 2.26. The Hall–Kier alpha value is -2.33. The van der Waals surface area contributed by atoms with E-state index in [4.69, 9.17) is 5.73 Å². The molecule has 2 aromatic carbocycles. The van der Waals surface area contributed by atoms with Crippen LogP contribution < -0.4 is 11.1 Å². The van der Waals surface area contributed by atoms with Crippen molar-refractivity contribution < 1.29 is 4.79 Å². The summed E-state index contributed by atoms with van der Waals surface area (Å²) in [4.78, 5) is 14.5. The van der Waals surface area contributed by atoms with E-state index in [-0.39, 0.29) is 5.91 Å². The molecule has 0 atom stereocenters. The van der Waals surface area contributed by atoms with Crippen LogP contribution in [-0.2, 0) is 6.54 Å². The largest absolute Gasteiger partial charge is 0.398 e. The maximum absolute atomic E-state index is 12.4. The molecule has 1 amide bonds. The highest BCUT2D eigenvalue weighted by Gasteiger charge is 2.12. The third-order valence-electron chi connectivity index (χ3n) is 3.37. The van der Waals surface area contributed by atoms with Gasteiger partial charge in [-0.05, 0) is 50.3 Å². The molecule has 0 unspecified atom stereocenters. The van der Waals surface area contributed by atoms with Gasteiger partial charge in [-0.1, -0.05) is 24.3 Å². The maximum atomic E-state index is 12.4. The minimum atomic E-state index is -0.133. The van der Waals surface area contributed by atoms with Crippen LogP contribution in [-0.4, -0.2) is 24.9 Å². The van der Waals surface area contributed by atoms with E-state index in [0.717, 1.165) is 23.4 Å². The summed E-state index contributed by atoms with van der Waals surface area (Å²) in [6.07, 6.45) is 0. The van der Waals surface area contributed by atoms with Crippen molar-refractivity contribution in [1.82, 2.24) is 4.90 Å². The molecule has 0 saturated heterocycles. The van der Waals surface area contributed by atoms with E-state index in [1.165, 1.54) is 0 Å². The number of benzene rings is 2. The van der Waals surface area contributed by atoms with Gasteiger partial charge in [0.1, 0.15) is 0 Å². The van der Waals surface area contributed by atoms with Gasteiger partial charge in [0.05, 0.1) is 0 Å². The molecule has 110 valence electrons. The van der Waals surface area contributed by atoms with Crippen molar-refractivity contribution in [1.29, 1.82) is 0 Å². The standard InChI is InChI=1S/C17H21N3O/c1-12-14(8-6-9-15(12)18)17(21)19-16-10-5-4-7-13(16)11-20(2)3/h4-10H,11,18H2,1-3H3,(H,19,21). The van der Waals surface area contributed by atoms with Crippen molar-refractivity contribution in [2.75, 3.05) is 25.1 Å². The fourth-order valence-electron chi connectivity index (χ4n) is 2.21. The number of rotatable bonds is 4. The highest BCUT2D eigenvalue weighted by Crippen LogP contribution is 2.20. The van der Waals surface area contributed by atoms with Crippen LogP contribution in [0.15, 0.2) is 42.5 Å². The summed E-state index contributed by atoms with van der Waals surface area (Å²) in [5, 5.41) is 2.98. The first-order chi connectivity index (χ1) is 9.99. The molecular weight excluding hydrogens is 262 g/mol. The summed E-state index contributed by atoms with van der Waals surface area (Å²) in [6, 6.07) is 13.2. The van der Waals surface area contributed by atoms with Crippen molar-refractivity contribution in [2.24, 2.45) is 0 Å². The van der Waals surface area contributed by atoms with E-state index in [0.29, 0.717) is 11.3 Å². The molecule has 3 N–H and O–H groups in total. The van der Waals surface area contributed by atoms with Crippen LogP contribution in [0.25, 0.3) is 0 Å². The Morgan fingerprint density at radius 3 is 2.57 bits per heavy atom. The monoisotopic (exact) mass is 283 g/mol. The number of carbonyl (C=O) groups is 1. The molecule has 0 heterocycles. The molecule has 0 spiro atoms. The van der Waals surface area contributed by atoms with Crippen LogP contribution in [0.4, 0.5) is 11.4 Å². The van der Waals surface area contributed by atoms with Gasteiger partial charge in [0, 0.05) is 23.5 Å². The number of nitrogens with one attached hydrogen (secondary N) is 1. The van der Waals surface area contributed by atoms with Gasteiger partial charge in [-0.25, -0.2) is 0 Å². The fraction of sp³-hybridized carbons (Fsp3) is 0.235. The minimum Gasteiger partial charge on any atom is -0.398 e. The van der Waals surface area contributed by atoms with Crippen LogP contribution >= 0.6 is 0 Å². The Morgan fingerprint density at radius 2 is 1.86 bits per heavy atom. The predicted octanol–water partition coefficient (Wildman–Crippen LogP) is 2.89. The van der Waals surface area contributed by atoms with Crippen molar-refractivity contribution >= 4 is 17.3 Å². The second-order valence-electron chi connectivity index (χ2n) is 5.37. The van der Waals surface area contributed by atoms with Gasteiger partial charge in [-0.2, -0.15) is 0 Å². The summed E-state index contributed by atoms with van der Waals surface area (Å²) in [5.41, 5.74) is 9.81. The van der Waals surface area contributed by atoms with Crippen LogP contribution in [0.3, 0.4) is 0 Å². The number of hydrogen-bond donors (Lipinski definition) is 2. The quantitative estimate of drug-likeness (QED) is 0.848. The number of nitrogens with zero attached hydrogens (tertiary/aromatic N) is 1. The third kappa shape index (κ3) is 3.61. The maximum Gasteiger partial charge on any atom is 0.256 e. The average molecular weight is 283 g/mol. The number of nitrogen functional groups attached to an aromatic ring is 1.